The van der Waals surface area contributed by atoms with Gasteiger partial charge in [-0.05, 0) is 102 Å². The number of rotatable bonds is 16. The number of carbonyl (C=O) groups is 3. The van der Waals surface area contributed by atoms with Gasteiger partial charge in [-0.3, -0.25) is 0 Å². The average Bonchev–Trinajstić information content (AvgIpc) is 3.54. The minimum atomic E-state index is -0.455. The number of hydrogen-bond acceptors (Lipinski definition) is 8. The zero-order valence-electron chi connectivity index (χ0n) is 23.9. The fourth-order valence-electron chi connectivity index (χ4n) is 4.20. The van der Waals surface area contributed by atoms with Gasteiger partial charge in [0.2, 0.25) is 0 Å². The maximum absolute atomic E-state index is 12.5. The summed E-state index contributed by atoms with van der Waals surface area (Å²) in [5.74, 6) is -0.436. The van der Waals surface area contributed by atoms with Crippen LogP contribution in [0.2, 0.25) is 0 Å². The molecule has 4 rings (SSSR count). The van der Waals surface area contributed by atoms with Crippen LogP contribution < -0.4 is 4.74 Å². The molecule has 0 amide bonds. The highest BCUT2D eigenvalue weighted by Gasteiger charge is 2.10. The van der Waals surface area contributed by atoms with Crippen molar-refractivity contribution in [3.05, 3.63) is 104 Å². The predicted molar refractivity (Wildman–Crippen MR) is 169 cm³/mol. The SMILES string of the molecule is C=CC(=O)OCCCCOC(=O)c1ccc2cc(-c3ccc(-c4ccc(OCCCCOC(=O)C=C)cc4)s3)ccc2c1. The summed E-state index contributed by atoms with van der Waals surface area (Å²) < 4.78 is 21.1. The predicted octanol–water partition coefficient (Wildman–Crippen LogP) is 7.79. The second-order valence-corrected chi connectivity index (χ2v) is 10.7. The largest absolute Gasteiger partial charge is 0.494 e. The summed E-state index contributed by atoms with van der Waals surface area (Å²) in [7, 11) is 0. The fraction of sp³-hybridized carbons (Fsp3) is 0.229. The quantitative estimate of drug-likeness (QED) is 0.0563. The van der Waals surface area contributed by atoms with Crippen LogP contribution in [-0.4, -0.2) is 44.3 Å². The smallest absolute Gasteiger partial charge is 0.338 e. The van der Waals surface area contributed by atoms with Gasteiger partial charge in [0.05, 0.1) is 32.0 Å². The molecule has 43 heavy (non-hydrogen) atoms. The van der Waals surface area contributed by atoms with E-state index < -0.39 is 11.9 Å². The number of thiophene rings is 1. The van der Waals surface area contributed by atoms with Crippen molar-refractivity contribution in [1.82, 2.24) is 0 Å². The Labute approximate surface area is 255 Å². The Hall–Kier alpha value is -4.69. The summed E-state index contributed by atoms with van der Waals surface area (Å²) in [6, 6.07) is 24.0. The zero-order chi connectivity index (χ0) is 30.4. The van der Waals surface area contributed by atoms with Gasteiger partial charge in [0.25, 0.3) is 0 Å². The van der Waals surface area contributed by atoms with Crippen LogP contribution in [0.15, 0.2) is 98.1 Å². The number of hydrogen-bond donors (Lipinski definition) is 0. The third-order valence-electron chi connectivity index (χ3n) is 6.51. The summed E-state index contributed by atoms with van der Waals surface area (Å²) in [5, 5.41) is 1.99. The highest BCUT2D eigenvalue weighted by Crippen LogP contribution is 2.36. The Morgan fingerprint density at radius 3 is 1.79 bits per heavy atom. The Balaban J connectivity index is 1.28. The molecule has 4 aromatic rings. The first-order valence-corrected chi connectivity index (χ1v) is 14.9. The van der Waals surface area contributed by atoms with Crippen LogP contribution in [-0.2, 0) is 23.8 Å². The average molecular weight is 599 g/mol. The number of unbranched alkanes of at least 4 members (excludes halogenated alkanes) is 2. The van der Waals surface area contributed by atoms with E-state index in [9.17, 15) is 14.4 Å². The molecule has 0 unspecified atom stereocenters. The van der Waals surface area contributed by atoms with Crippen LogP contribution >= 0.6 is 11.3 Å². The Bertz CT molecular complexity index is 1570. The van der Waals surface area contributed by atoms with Crippen LogP contribution in [0.1, 0.15) is 36.0 Å². The van der Waals surface area contributed by atoms with Crippen molar-refractivity contribution in [2.75, 3.05) is 26.4 Å². The molecule has 0 fully saturated rings. The second kappa shape index (κ2) is 16.1. The third-order valence-corrected chi connectivity index (χ3v) is 7.69. The van der Waals surface area contributed by atoms with Crippen molar-refractivity contribution >= 4 is 40.0 Å². The van der Waals surface area contributed by atoms with Gasteiger partial charge in [0, 0.05) is 21.9 Å². The fourth-order valence-corrected chi connectivity index (χ4v) is 5.21. The normalized spacial score (nSPS) is 10.6. The molecule has 0 spiro atoms. The van der Waals surface area contributed by atoms with Gasteiger partial charge in [-0.1, -0.05) is 31.4 Å². The van der Waals surface area contributed by atoms with Crippen LogP contribution in [0.4, 0.5) is 0 Å². The van der Waals surface area contributed by atoms with E-state index in [4.69, 9.17) is 18.9 Å². The van der Waals surface area contributed by atoms with Gasteiger partial charge in [0.1, 0.15) is 5.75 Å². The molecule has 8 heteroatoms. The highest BCUT2D eigenvalue weighted by molar-refractivity contribution is 7.18. The first-order valence-electron chi connectivity index (χ1n) is 14.1. The van der Waals surface area contributed by atoms with Gasteiger partial charge in [-0.15, -0.1) is 11.3 Å². The molecule has 3 aromatic carbocycles. The first-order chi connectivity index (χ1) is 21.0. The molecule has 0 N–H and O–H groups in total. The molecular weight excluding hydrogens is 564 g/mol. The Morgan fingerprint density at radius 2 is 1.14 bits per heavy atom. The maximum Gasteiger partial charge on any atom is 0.338 e. The van der Waals surface area contributed by atoms with Crippen LogP contribution in [0.3, 0.4) is 0 Å². The van der Waals surface area contributed by atoms with Crippen molar-refractivity contribution < 1.29 is 33.3 Å². The molecule has 1 aromatic heterocycles. The lowest BCUT2D eigenvalue weighted by Gasteiger charge is -2.07. The lowest BCUT2D eigenvalue weighted by Crippen LogP contribution is -2.08. The van der Waals surface area contributed by atoms with Crippen LogP contribution in [0, 0.1) is 0 Å². The third kappa shape index (κ3) is 9.41. The van der Waals surface area contributed by atoms with E-state index in [0.29, 0.717) is 31.6 Å². The van der Waals surface area contributed by atoms with Gasteiger partial charge in [-0.2, -0.15) is 0 Å². The summed E-state index contributed by atoms with van der Waals surface area (Å²) in [6.45, 7) is 8.17. The summed E-state index contributed by atoms with van der Waals surface area (Å²) >= 11 is 1.71. The van der Waals surface area contributed by atoms with Gasteiger partial charge in [-0.25, -0.2) is 14.4 Å². The van der Waals surface area contributed by atoms with Crippen molar-refractivity contribution in [3.63, 3.8) is 0 Å². The summed E-state index contributed by atoms with van der Waals surface area (Å²) in [5.41, 5.74) is 2.72. The first kappa shape index (κ1) is 31.3. The lowest BCUT2D eigenvalue weighted by atomic mass is 10.0. The van der Waals surface area contributed by atoms with Gasteiger partial charge < -0.3 is 18.9 Å². The molecular formula is C35H34O7S. The molecule has 7 nitrogen and oxygen atoms in total. The Kier molecular flexibility index (Phi) is 11.7. The number of benzene rings is 3. The van der Waals surface area contributed by atoms with E-state index in [1.807, 2.05) is 30.3 Å². The number of fused-ring (bicyclic) bond motifs is 1. The monoisotopic (exact) mass is 598 g/mol. The van der Waals surface area contributed by atoms with E-state index in [-0.39, 0.29) is 19.2 Å². The van der Waals surface area contributed by atoms with E-state index in [2.05, 4.69) is 49.6 Å². The summed E-state index contributed by atoms with van der Waals surface area (Å²) in [4.78, 5) is 36.9. The Morgan fingerprint density at radius 1 is 0.605 bits per heavy atom. The standard InChI is InChI=1S/C35H34O7S/c1-3-33(36)40-20-6-5-19-39-30-15-13-25(14-16-30)31-17-18-32(43-31)28-11-9-27-24-29(12-10-26(27)23-28)35(38)42-22-8-7-21-41-34(37)4-2/h3-4,9-18,23-24H,1-2,5-8,19-22H2. The van der Waals surface area contributed by atoms with E-state index in [1.165, 1.54) is 0 Å². The number of ether oxygens (including phenoxy) is 4. The molecule has 0 atom stereocenters. The number of carbonyl (C=O) groups excluding carboxylic acids is 3. The van der Waals surface area contributed by atoms with Crippen molar-refractivity contribution in [1.29, 1.82) is 0 Å². The minimum absolute atomic E-state index is 0.258. The van der Waals surface area contributed by atoms with Gasteiger partial charge >= 0.3 is 17.9 Å². The molecule has 0 aliphatic carbocycles. The maximum atomic E-state index is 12.5. The van der Waals surface area contributed by atoms with Crippen LogP contribution in [0.5, 0.6) is 5.75 Å². The molecule has 1 heterocycles. The minimum Gasteiger partial charge on any atom is -0.494 e. The van der Waals surface area contributed by atoms with Gasteiger partial charge in [0.15, 0.2) is 0 Å². The van der Waals surface area contributed by atoms with Crippen molar-refractivity contribution in [3.8, 4) is 26.6 Å². The molecule has 0 aliphatic heterocycles. The number of esters is 3. The molecule has 0 saturated carbocycles. The topological polar surface area (TPSA) is 88.1 Å². The lowest BCUT2D eigenvalue weighted by molar-refractivity contribution is -0.138. The van der Waals surface area contributed by atoms with E-state index in [0.717, 1.165) is 62.4 Å². The molecule has 0 radical (unpaired) electrons. The molecule has 222 valence electrons. The molecule has 0 bridgehead atoms. The van der Waals surface area contributed by atoms with Crippen LogP contribution in [0.25, 0.3) is 31.7 Å². The van der Waals surface area contributed by atoms with E-state index in [1.54, 1.807) is 17.4 Å². The zero-order valence-corrected chi connectivity index (χ0v) is 24.7. The van der Waals surface area contributed by atoms with Crippen molar-refractivity contribution in [2.45, 2.75) is 25.7 Å². The van der Waals surface area contributed by atoms with E-state index >= 15 is 0 Å². The molecule has 0 saturated heterocycles. The highest BCUT2D eigenvalue weighted by atomic mass is 32.1. The summed E-state index contributed by atoms with van der Waals surface area (Å²) in [6.07, 6.45) is 5.02. The van der Waals surface area contributed by atoms with Crippen molar-refractivity contribution in [2.24, 2.45) is 0 Å². The second-order valence-electron chi connectivity index (χ2n) is 9.61. The molecule has 0 aliphatic rings.